The van der Waals surface area contributed by atoms with Gasteiger partial charge in [-0.1, -0.05) is 49.1 Å². The van der Waals surface area contributed by atoms with Crippen molar-refractivity contribution in [2.24, 2.45) is 0 Å². The second kappa shape index (κ2) is 6.37. The first-order chi connectivity index (χ1) is 9.47. The van der Waals surface area contributed by atoms with Crippen molar-refractivity contribution in [2.75, 3.05) is 11.1 Å². The van der Waals surface area contributed by atoms with E-state index in [4.69, 9.17) is 0 Å². The van der Waals surface area contributed by atoms with Crippen molar-refractivity contribution in [3.63, 3.8) is 0 Å². The molecule has 1 aromatic heterocycles. The predicted molar refractivity (Wildman–Crippen MR) is 85.5 cm³/mol. The molecule has 0 saturated carbocycles. The third-order valence-electron chi connectivity index (χ3n) is 2.73. The Morgan fingerprint density at radius 3 is 2.80 bits per heavy atom. The lowest BCUT2D eigenvalue weighted by molar-refractivity contribution is -0.114. The first-order valence-corrected chi connectivity index (χ1v) is 8.10. The topological polar surface area (TPSA) is 59.1 Å². The van der Waals surface area contributed by atoms with Crippen LogP contribution in [0.3, 0.4) is 0 Å². The van der Waals surface area contributed by atoms with Crippen LogP contribution in [0.15, 0.2) is 18.2 Å². The van der Waals surface area contributed by atoms with Gasteiger partial charge < -0.3 is 5.32 Å². The zero-order valence-electron chi connectivity index (χ0n) is 11.6. The molecule has 2 aromatic rings. The van der Waals surface area contributed by atoms with Crippen LogP contribution in [0.25, 0.3) is 10.2 Å². The molecule has 0 aliphatic carbocycles. The van der Waals surface area contributed by atoms with Crippen LogP contribution in [0.4, 0.5) is 5.13 Å². The molecule has 2 rings (SSSR count). The van der Waals surface area contributed by atoms with Gasteiger partial charge in [0.2, 0.25) is 5.91 Å². The molecule has 4 nitrogen and oxygen atoms in total. The minimum Gasteiger partial charge on any atom is -0.301 e. The van der Waals surface area contributed by atoms with E-state index in [0.29, 0.717) is 11.0 Å². The molecule has 1 amide bonds. The van der Waals surface area contributed by atoms with Gasteiger partial charge >= 0.3 is 0 Å². The highest BCUT2D eigenvalue weighted by molar-refractivity contribution is 8.14. The van der Waals surface area contributed by atoms with Gasteiger partial charge in [0, 0.05) is 6.92 Å². The molecule has 20 heavy (non-hydrogen) atoms. The van der Waals surface area contributed by atoms with Gasteiger partial charge in [0.25, 0.3) is 0 Å². The molecule has 0 unspecified atom stereocenters. The van der Waals surface area contributed by atoms with Crippen LogP contribution in [0, 0.1) is 0 Å². The lowest BCUT2D eigenvalue weighted by Crippen LogP contribution is -2.14. The highest BCUT2D eigenvalue weighted by atomic mass is 32.2. The van der Waals surface area contributed by atoms with Gasteiger partial charge in [0.05, 0.1) is 16.0 Å². The third-order valence-corrected chi connectivity index (χ3v) is 4.47. The summed E-state index contributed by atoms with van der Waals surface area (Å²) in [4.78, 5) is 27.0. The number of anilines is 1. The number of thioether (sulfide) groups is 1. The highest BCUT2D eigenvalue weighted by Crippen LogP contribution is 2.31. The standard InChI is InChI=1S/C14H16N2O2S2/c1-8(2)10-5-4-6-11-13(10)16-14(20-11)15-12(18)7-19-9(3)17/h4-6,8H,7H2,1-3H3,(H,15,16,18). The molecule has 1 heterocycles. The van der Waals surface area contributed by atoms with Crippen molar-refractivity contribution >= 4 is 49.5 Å². The first-order valence-electron chi connectivity index (χ1n) is 6.30. The van der Waals surface area contributed by atoms with Gasteiger partial charge in [0.15, 0.2) is 10.2 Å². The molecule has 0 aliphatic rings. The number of carbonyl (C=O) groups excluding carboxylic acids is 2. The fourth-order valence-corrected chi connectivity index (χ4v) is 3.14. The van der Waals surface area contributed by atoms with Crippen molar-refractivity contribution < 1.29 is 9.59 Å². The number of amides is 1. The SMILES string of the molecule is CC(=O)SCC(=O)Nc1nc2c(C(C)C)cccc2s1. The Morgan fingerprint density at radius 1 is 1.40 bits per heavy atom. The Labute approximate surface area is 126 Å². The predicted octanol–water partition coefficient (Wildman–Crippen LogP) is 3.64. The summed E-state index contributed by atoms with van der Waals surface area (Å²) < 4.78 is 1.06. The molecular weight excluding hydrogens is 292 g/mol. The van der Waals surface area contributed by atoms with E-state index >= 15 is 0 Å². The van der Waals surface area contributed by atoms with Gasteiger partial charge in [-0.2, -0.15) is 0 Å². The Bertz CT molecular complexity index is 650. The fourth-order valence-electron chi connectivity index (χ4n) is 1.81. The summed E-state index contributed by atoms with van der Waals surface area (Å²) in [6, 6.07) is 6.07. The number of carbonyl (C=O) groups is 2. The average molecular weight is 308 g/mol. The fraction of sp³-hybridized carbons (Fsp3) is 0.357. The van der Waals surface area contributed by atoms with Crippen molar-refractivity contribution in [2.45, 2.75) is 26.7 Å². The summed E-state index contributed by atoms with van der Waals surface area (Å²) in [5.41, 5.74) is 2.12. The average Bonchev–Trinajstić information content (AvgIpc) is 2.77. The highest BCUT2D eigenvalue weighted by Gasteiger charge is 2.12. The molecule has 0 bridgehead atoms. The maximum atomic E-state index is 11.7. The largest absolute Gasteiger partial charge is 0.301 e. The van der Waals surface area contributed by atoms with Crippen molar-refractivity contribution in [3.8, 4) is 0 Å². The van der Waals surface area contributed by atoms with Gasteiger partial charge in [-0.25, -0.2) is 4.98 Å². The summed E-state index contributed by atoms with van der Waals surface area (Å²) in [7, 11) is 0. The van der Waals surface area contributed by atoms with E-state index in [2.05, 4.69) is 30.2 Å². The summed E-state index contributed by atoms with van der Waals surface area (Å²) in [6.45, 7) is 5.69. The second-order valence-corrected chi connectivity index (χ2v) is 6.88. The molecule has 0 aliphatic heterocycles. The molecule has 0 spiro atoms. The number of rotatable bonds is 4. The molecule has 1 N–H and O–H groups in total. The first kappa shape index (κ1) is 15.0. The number of aromatic nitrogens is 1. The van der Waals surface area contributed by atoms with E-state index < -0.39 is 0 Å². The molecule has 0 radical (unpaired) electrons. The Hall–Kier alpha value is -1.40. The number of hydrogen-bond acceptors (Lipinski definition) is 5. The lowest BCUT2D eigenvalue weighted by atomic mass is 10.0. The molecule has 6 heteroatoms. The molecule has 106 valence electrons. The van der Waals surface area contributed by atoms with Crippen LogP contribution < -0.4 is 5.32 Å². The molecule has 0 saturated heterocycles. The summed E-state index contributed by atoms with van der Waals surface area (Å²) in [5, 5.41) is 3.27. The molecule has 0 atom stereocenters. The van der Waals surface area contributed by atoms with Gasteiger partial charge in [-0.3, -0.25) is 9.59 Å². The lowest BCUT2D eigenvalue weighted by Gasteiger charge is -2.04. The number of hydrogen-bond donors (Lipinski definition) is 1. The molecule has 0 fully saturated rings. The smallest absolute Gasteiger partial charge is 0.236 e. The Morgan fingerprint density at radius 2 is 2.15 bits per heavy atom. The van der Waals surface area contributed by atoms with Crippen molar-refractivity contribution in [1.82, 2.24) is 4.98 Å². The Balaban J connectivity index is 2.18. The van der Waals surface area contributed by atoms with Crippen LogP contribution in [0.2, 0.25) is 0 Å². The number of benzene rings is 1. The summed E-state index contributed by atoms with van der Waals surface area (Å²) >= 11 is 2.45. The van der Waals surface area contributed by atoms with E-state index in [1.165, 1.54) is 23.8 Å². The van der Waals surface area contributed by atoms with E-state index in [1.54, 1.807) is 0 Å². The van der Waals surface area contributed by atoms with E-state index in [-0.39, 0.29) is 16.8 Å². The maximum Gasteiger partial charge on any atom is 0.236 e. The number of fused-ring (bicyclic) bond motifs is 1. The van der Waals surface area contributed by atoms with Gasteiger partial charge in [-0.05, 0) is 17.5 Å². The molecular formula is C14H16N2O2S2. The van der Waals surface area contributed by atoms with Gasteiger partial charge in [0.1, 0.15) is 0 Å². The number of thiazole rings is 1. The maximum absolute atomic E-state index is 11.7. The van der Waals surface area contributed by atoms with Crippen molar-refractivity contribution in [1.29, 1.82) is 0 Å². The number of para-hydroxylation sites is 1. The van der Waals surface area contributed by atoms with E-state index in [1.807, 2.05) is 12.1 Å². The van der Waals surface area contributed by atoms with Crippen molar-refractivity contribution in [3.05, 3.63) is 23.8 Å². The van der Waals surface area contributed by atoms with E-state index in [0.717, 1.165) is 22.0 Å². The van der Waals surface area contributed by atoms with Crippen LogP contribution in [-0.2, 0) is 9.59 Å². The quantitative estimate of drug-likeness (QED) is 0.937. The van der Waals surface area contributed by atoms with Gasteiger partial charge in [-0.15, -0.1) is 0 Å². The third kappa shape index (κ3) is 3.58. The number of nitrogens with one attached hydrogen (secondary N) is 1. The van der Waals surface area contributed by atoms with Crippen LogP contribution in [-0.4, -0.2) is 21.8 Å². The van der Waals surface area contributed by atoms with Crippen LogP contribution in [0.1, 0.15) is 32.3 Å². The number of nitrogens with zero attached hydrogens (tertiary/aromatic N) is 1. The zero-order chi connectivity index (χ0) is 14.7. The normalized spacial score (nSPS) is 11.0. The van der Waals surface area contributed by atoms with E-state index in [9.17, 15) is 9.59 Å². The minimum absolute atomic E-state index is 0.0634. The Kier molecular flexibility index (Phi) is 4.77. The zero-order valence-corrected chi connectivity index (χ0v) is 13.2. The monoisotopic (exact) mass is 308 g/mol. The second-order valence-electron chi connectivity index (χ2n) is 4.70. The van der Waals surface area contributed by atoms with Crippen LogP contribution in [0.5, 0.6) is 0 Å². The summed E-state index contributed by atoms with van der Waals surface area (Å²) in [5.74, 6) is 0.315. The van der Waals surface area contributed by atoms with Crippen LogP contribution >= 0.6 is 23.1 Å². The molecule has 1 aromatic carbocycles. The summed E-state index contributed by atoms with van der Waals surface area (Å²) in [6.07, 6.45) is 0. The minimum atomic E-state index is -0.199.